The Labute approximate surface area is 115 Å². The van der Waals surface area contributed by atoms with E-state index in [1.807, 2.05) is 25.3 Å². The molecule has 0 amide bonds. The molecule has 0 saturated carbocycles. The molecule has 0 aliphatic rings. The van der Waals surface area contributed by atoms with Crippen LogP contribution in [0.3, 0.4) is 0 Å². The SMILES string of the molecule is Cc1nc2cc(C(=O)O)ccc2n1Cc1cccnc1. The maximum atomic E-state index is 11.0. The second-order valence-corrected chi connectivity index (χ2v) is 4.62. The predicted octanol–water partition coefficient (Wildman–Crippen LogP) is 2.49. The smallest absolute Gasteiger partial charge is 0.335 e. The van der Waals surface area contributed by atoms with Crippen LogP contribution in [0, 0.1) is 6.92 Å². The van der Waals surface area contributed by atoms with Crippen LogP contribution in [-0.2, 0) is 6.54 Å². The number of rotatable bonds is 3. The van der Waals surface area contributed by atoms with Gasteiger partial charge >= 0.3 is 5.97 Å². The lowest BCUT2D eigenvalue weighted by atomic mass is 10.2. The molecule has 0 spiro atoms. The van der Waals surface area contributed by atoms with Gasteiger partial charge in [-0.1, -0.05) is 6.07 Å². The Balaban J connectivity index is 2.07. The lowest BCUT2D eigenvalue weighted by Crippen LogP contribution is -2.02. The van der Waals surface area contributed by atoms with E-state index in [4.69, 9.17) is 5.11 Å². The van der Waals surface area contributed by atoms with E-state index in [9.17, 15) is 4.79 Å². The highest BCUT2D eigenvalue weighted by molar-refractivity contribution is 5.92. The molecule has 5 nitrogen and oxygen atoms in total. The van der Waals surface area contributed by atoms with E-state index in [0.29, 0.717) is 12.1 Å². The highest BCUT2D eigenvalue weighted by Crippen LogP contribution is 2.19. The van der Waals surface area contributed by atoms with Gasteiger partial charge in [-0.25, -0.2) is 9.78 Å². The summed E-state index contributed by atoms with van der Waals surface area (Å²) < 4.78 is 2.05. The van der Waals surface area contributed by atoms with Gasteiger partial charge in [0, 0.05) is 12.4 Å². The number of carbonyl (C=O) groups is 1. The van der Waals surface area contributed by atoms with Gasteiger partial charge in [0.2, 0.25) is 0 Å². The molecule has 20 heavy (non-hydrogen) atoms. The van der Waals surface area contributed by atoms with Gasteiger partial charge in [0.25, 0.3) is 0 Å². The third-order valence-corrected chi connectivity index (χ3v) is 3.25. The number of benzene rings is 1. The normalized spacial score (nSPS) is 10.8. The minimum absolute atomic E-state index is 0.253. The van der Waals surface area contributed by atoms with Crippen molar-refractivity contribution in [2.45, 2.75) is 13.5 Å². The summed E-state index contributed by atoms with van der Waals surface area (Å²) >= 11 is 0. The Morgan fingerprint density at radius 3 is 2.90 bits per heavy atom. The van der Waals surface area contributed by atoms with Crippen molar-refractivity contribution in [2.75, 3.05) is 0 Å². The molecule has 0 atom stereocenters. The maximum Gasteiger partial charge on any atom is 0.335 e. The maximum absolute atomic E-state index is 11.0. The van der Waals surface area contributed by atoms with E-state index in [1.165, 1.54) is 0 Å². The number of nitrogens with zero attached hydrogens (tertiary/aromatic N) is 3. The summed E-state index contributed by atoms with van der Waals surface area (Å²) in [6.07, 6.45) is 3.55. The van der Waals surface area contributed by atoms with Crippen LogP contribution in [0.25, 0.3) is 11.0 Å². The number of carboxylic acid groups (broad SMARTS) is 1. The van der Waals surface area contributed by atoms with Gasteiger partial charge in [-0.05, 0) is 36.8 Å². The lowest BCUT2D eigenvalue weighted by Gasteiger charge is -2.06. The van der Waals surface area contributed by atoms with Gasteiger partial charge in [0.15, 0.2) is 0 Å². The number of fused-ring (bicyclic) bond motifs is 1. The van der Waals surface area contributed by atoms with Crippen molar-refractivity contribution < 1.29 is 9.90 Å². The fourth-order valence-corrected chi connectivity index (χ4v) is 2.26. The van der Waals surface area contributed by atoms with Crippen LogP contribution in [0.5, 0.6) is 0 Å². The first-order chi connectivity index (χ1) is 9.65. The molecule has 2 aromatic heterocycles. The van der Waals surface area contributed by atoms with E-state index in [1.54, 1.807) is 24.4 Å². The third-order valence-electron chi connectivity index (χ3n) is 3.25. The van der Waals surface area contributed by atoms with Gasteiger partial charge in [-0.3, -0.25) is 4.98 Å². The minimum Gasteiger partial charge on any atom is -0.478 e. The Bertz CT molecular complexity index is 778. The molecule has 0 unspecified atom stereocenters. The van der Waals surface area contributed by atoms with Crippen molar-refractivity contribution in [3.63, 3.8) is 0 Å². The molecule has 3 rings (SSSR count). The number of hydrogen-bond acceptors (Lipinski definition) is 3. The molecule has 2 heterocycles. The van der Waals surface area contributed by atoms with Crippen LogP contribution in [0.4, 0.5) is 0 Å². The summed E-state index contributed by atoms with van der Waals surface area (Å²) in [5, 5.41) is 9.01. The van der Waals surface area contributed by atoms with E-state index >= 15 is 0 Å². The molecule has 3 aromatic rings. The molecule has 1 aromatic carbocycles. The Morgan fingerprint density at radius 2 is 2.20 bits per heavy atom. The lowest BCUT2D eigenvalue weighted by molar-refractivity contribution is 0.0697. The quantitative estimate of drug-likeness (QED) is 0.791. The van der Waals surface area contributed by atoms with Crippen molar-refractivity contribution in [1.29, 1.82) is 0 Å². The van der Waals surface area contributed by atoms with Crippen molar-refractivity contribution in [2.24, 2.45) is 0 Å². The summed E-state index contributed by atoms with van der Waals surface area (Å²) in [4.78, 5) is 19.5. The zero-order valence-electron chi connectivity index (χ0n) is 10.9. The first-order valence-electron chi connectivity index (χ1n) is 6.24. The molecule has 1 N–H and O–H groups in total. The van der Waals surface area contributed by atoms with Gasteiger partial charge < -0.3 is 9.67 Å². The van der Waals surface area contributed by atoms with Gasteiger partial charge in [-0.2, -0.15) is 0 Å². The van der Waals surface area contributed by atoms with Crippen molar-refractivity contribution in [3.05, 3.63) is 59.7 Å². The number of aryl methyl sites for hydroxylation is 1. The standard InChI is InChI=1S/C15H13N3O2/c1-10-17-13-7-12(15(19)20)4-5-14(13)18(10)9-11-3-2-6-16-8-11/h2-8H,9H2,1H3,(H,19,20). The monoisotopic (exact) mass is 267 g/mol. The molecule has 0 aliphatic heterocycles. The Kier molecular flexibility index (Phi) is 2.95. The van der Waals surface area contributed by atoms with E-state index in [-0.39, 0.29) is 5.56 Å². The number of aromatic carboxylic acids is 1. The van der Waals surface area contributed by atoms with Crippen molar-refractivity contribution in [3.8, 4) is 0 Å². The van der Waals surface area contributed by atoms with Gasteiger partial charge in [0.05, 0.1) is 23.1 Å². The van der Waals surface area contributed by atoms with Gasteiger partial charge in [-0.15, -0.1) is 0 Å². The topological polar surface area (TPSA) is 68.0 Å². The third kappa shape index (κ3) is 2.14. The second-order valence-electron chi connectivity index (χ2n) is 4.62. The average Bonchev–Trinajstić information content (AvgIpc) is 2.75. The number of carboxylic acids is 1. The fraction of sp³-hybridized carbons (Fsp3) is 0.133. The second kappa shape index (κ2) is 4.77. The molecule has 0 bridgehead atoms. The van der Waals surface area contributed by atoms with Crippen LogP contribution in [0.15, 0.2) is 42.7 Å². The largest absolute Gasteiger partial charge is 0.478 e. The van der Waals surface area contributed by atoms with Crippen molar-refractivity contribution >= 4 is 17.0 Å². The van der Waals surface area contributed by atoms with Crippen LogP contribution < -0.4 is 0 Å². The van der Waals surface area contributed by atoms with Crippen LogP contribution in [0.1, 0.15) is 21.7 Å². The van der Waals surface area contributed by atoms with Crippen molar-refractivity contribution in [1.82, 2.24) is 14.5 Å². The number of imidazole rings is 1. The Hall–Kier alpha value is -2.69. The molecule has 0 fully saturated rings. The molecule has 100 valence electrons. The molecular weight excluding hydrogens is 254 g/mol. The average molecular weight is 267 g/mol. The number of hydrogen-bond donors (Lipinski definition) is 1. The van der Waals surface area contributed by atoms with Gasteiger partial charge in [0.1, 0.15) is 5.82 Å². The summed E-state index contributed by atoms with van der Waals surface area (Å²) in [5.74, 6) is -0.0854. The highest BCUT2D eigenvalue weighted by Gasteiger charge is 2.11. The predicted molar refractivity (Wildman–Crippen MR) is 74.8 cm³/mol. The summed E-state index contributed by atoms with van der Waals surface area (Å²) in [7, 11) is 0. The zero-order chi connectivity index (χ0) is 14.1. The summed E-state index contributed by atoms with van der Waals surface area (Å²) in [5.41, 5.74) is 2.96. The summed E-state index contributed by atoms with van der Waals surface area (Å²) in [6.45, 7) is 2.58. The zero-order valence-corrected chi connectivity index (χ0v) is 10.9. The number of pyridine rings is 1. The van der Waals surface area contributed by atoms with Crippen LogP contribution in [0.2, 0.25) is 0 Å². The summed E-state index contributed by atoms with van der Waals surface area (Å²) in [6, 6.07) is 8.90. The fourth-order valence-electron chi connectivity index (χ4n) is 2.26. The molecule has 5 heteroatoms. The van der Waals surface area contributed by atoms with E-state index in [0.717, 1.165) is 16.9 Å². The van der Waals surface area contributed by atoms with Crippen LogP contribution >= 0.6 is 0 Å². The first-order valence-corrected chi connectivity index (χ1v) is 6.24. The van der Waals surface area contributed by atoms with Crippen LogP contribution in [-0.4, -0.2) is 25.6 Å². The Morgan fingerprint density at radius 1 is 1.35 bits per heavy atom. The molecule has 0 saturated heterocycles. The van der Waals surface area contributed by atoms with E-state index < -0.39 is 5.97 Å². The number of aromatic nitrogens is 3. The molecular formula is C15H13N3O2. The first kappa shape index (κ1) is 12.3. The van der Waals surface area contributed by atoms with E-state index in [2.05, 4.69) is 14.5 Å². The molecule has 0 aliphatic carbocycles. The minimum atomic E-state index is -0.939. The highest BCUT2D eigenvalue weighted by atomic mass is 16.4. The molecule has 0 radical (unpaired) electrons.